The predicted octanol–water partition coefficient (Wildman–Crippen LogP) is 1.20. The molecule has 0 aliphatic carbocycles. The Morgan fingerprint density at radius 3 is 3.06 bits per heavy atom. The van der Waals surface area contributed by atoms with E-state index in [0.29, 0.717) is 25.9 Å². The standard InChI is InChI=1S/C10H13N5O2/c11-15-14-7-2-1-5-12-9(16)8-4-3-6-13-10(8)17/h3-4,6H,1-2,5,7H2,(H,12,16)(H,13,17). The number of amides is 1. The van der Waals surface area contributed by atoms with E-state index in [-0.39, 0.29) is 5.56 Å². The van der Waals surface area contributed by atoms with Crippen molar-refractivity contribution < 1.29 is 4.79 Å². The van der Waals surface area contributed by atoms with E-state index < -0.39 is 11.5 Å². The number of nitrogens with one attached hydrogen (secondary N) is 2. The van der Waals surface area contributed by atoms with Crippen LogP contribution in [0.4, 0.5) is 0 Å². The first kappa shape index (κ1) is 12.8. The largest absolute Gasteiger partial charge is 0.352 e. The van der Waals surface area contributed by atoms with E-state index >= 15 is 0 Å². The van der Waals surface area contributed by atoms with Crippen LogP contribution < -0.4 is 10.9 Å². The van der Waals surface area contributed by atoms with Crippen LogP contribution in [0.3, 0.4) is 0 Å². The molecule has 0 aromatic carbocycles. The van der Waals surface area contributed by atoms with Crippen LogP contribution in [0.25, 0.3) is 10.4 Å². The summed E-state index contributed by atoms with van der Waals surface area (Å²) in [4.78, 5) is 27.9. The number of aromatic amines is 1. The Morgan fingerprint density at radius 2 is 2.35 bits per heavy atom. The maximum absolute atomic E-state index is 11.5. The molecule has 7 heteroatoms. The second-order valence-electron chi connectivity index (χ2n) is 3.33. The Morgan fingerprint density at radius 1 is 1.53 bits per heavy atom. The van der Waals surface area contributed by atoms with Gasteiger partial charge in [0, 0.05) is 24.2 Å². The Bertz CT molecular complexity index is 476. The Hall–Kier alpha value is -2.27. The van der Waals surface area contributed by atoms with Crippen molar-refractivity contribution in [2.24, 2.45) is 5.11 Å². The fourth-order valence-corrected chi connectivity index (χ4v) is 1.25. The Kier molecular flexibility index (Phi) is 5.33. The van der Waals surface area contributed by atoms with E-state index in [1.807, 2.05) is 0 Å². The van der Waals surface area contributed by atoms with Gasteiger partial charge in [0.05, 0.1) is 0 Å². The Labute approximate surface area is 97.5 Å². The van der Waals surface area contributed by atoms with Gasteiger partial charge >= 0.3 is 0 Å². The highest BCUT2D eigenvalue weighted by Crippen LogP contribution is 1.91. The van der Waals surface area contributed by atoms with Crippen LogP contribution in [0.15, 0.2) is 28.2 Å². The molecule has 1 aromatic heterocycles. The number of pyridine rings is 1. The third kappa shape index (κ3) is 4.40. The molecule has 7 nitrogen and oxygen atoms in total. The molecule has 0 unspecified atom stereocenters. The number of carbonyl (C=O) groups excluding carboxylic acids is 1. The van der Waals surface area contributed by atoms with Gasteiger partial charge in [-0.3, -0.25) is 9.59 Å². The van der Waals surface area contributed by atoms with Crippen LogP contribution in [0.5, 0.6) is 0 Å². The van der Waals surface area contributed by atoms with Crippen molar-refractivity contribution >= 4 is 5.91 Å². The molecule has 90 valence electrons. The average molecular weight is 235 g/mol. The molecule has 0 bridgehead atoms. The topological polar surface area (TPSA) is 111 Å². The van der Waals surface area contributed by atoms with Gasteiger partial charge in [0.2, 0.25) is 0 Å². The highest BCUT2D eigenvalue weighted by Gasteiger charge is 2.07. The molecule has 0 aliphatic rings. The lowest BCUT2D eigenvalue weighted by atomic mass is 10.2. The summed E-state index contributed by atoms with van der Waals surface area (Å²) in [5.74, 6) is -0.393. The van der Waals surface area contributed by atoms with E-state index in [4.69, 9.17) is 5.53 Å². The van der Waals surface area contributed by atoms with Crippen LogP contribution in [0.2, 0.25) is 0 Å². The summed E-state index contributed by atoms with van der Waals surface area (Å²) < 4.78 is 0. The highest BCUT2D eigenvalue weighted by molar-refractivity contribution is 5.93. The molecule has 1 amide bonds. The highest BCUT2D eigenvalue weighted by atomic mass is 16.2. The van der Waals surface area contributed by atoms with Crippen molar-refractivity contribution in [1.29, 1.82) is 0 Å². The van der Waals surface area contributed by atoms with Crippen molar-refractivity contribution in [1.82, 2.24) is 10.3 Å². The summed E-state index contributed by atoms with van der Waals surface area (Å²) in [6, 6.07) is 3.06. The maximum atomic E-state index is 11.5. The van der Waals surface area contributed by atoms with E-state index in [2.05, 4.69) is 20.3 Å². The van der Waals surface area contributed by atoms with Gasteiger partial charge < -0.3 is 10.3 Å². The fraction of sp³-hybridized carbons (Fsp3) is 0.400. The van der Waals surface area contributed by atoms with Crippen LogP contribution in [-0.2, 0) is 0 Å². The minimum atomic E-state index is -0.404. The summed E-state index contributed by atoms with van der Waals surface area (Å²) >= 11 is 0. The normalized spacial score (nSPS) is 9.41. The van der Waals surface area contributed by atoms with Crippen molar-refractivity contribution in [3.05, 3.63) is 44.7 Å². The molecule has 17 heavy (non-hydrogen) atoms. The maximum Gasteiger partial charge on any atom is 0.260 e. The van der Waals surface area contributed by atoms with Crippen LogP contribution in [0.1, 0.15) is 23.2 Å². The smallest absolute Gasteiger partial charge is 0.260 e. The molecule has 0 atom stereocenters. The van der Waals surface area contributed by atoms with Crippen molar-refractivity contribution in [3.8, 4) is 0 Å². The lowest BCUT2D eigenvalue weighted by molar-refractivity contribution is 0.0951. The van der Waals surface area contributed by atoms with Crippen LogP contribution in [0, 0.1) is 0 Å². The predicted molar refractivity (Wildman–Crippen MR) is 62.6 cm³/mol. The molecule has 0 aliphatic heterocycles. The van der Waals surface area contributed by atoms with Crippen molar-refractivity contribution in [3.63, 3.8) is 0 Å². The number of hydrogen-bond acceptors (Lipinski definition) is 3. The average Bonchev–Trinajstić information content (AvgIpc) is 2.34. The molecule has 0 fully saturated rings. The Balaban J connectivity index is 2.33. The van der Waals surface area contributed by atoms with E-state index in [1.165, 1.54) is 12.3 Å². The number of aromatic nitrogens is 1. The summed E-state index contributed by atoms with van der Waals surface area (Å²) in [6.45, 7) is 0.867. The monoisotopic (exact) mass is 235 g/mol. The first-order chi connectivity index (χ1) is 8.25. The van der Waals surface area contributed by atoms with Gasteiger partial charge in [-0.2, -0.15) is 0 Å². The number of hydrogen-bond donors (Lipinski definition) is 2. The molecule has 0 spiro atoms. The van der Waals surface area contributed by atoms with Crippen molar-refractivity contribution in [2.75, 3.05) is 13.1 Å². The zero-order valence-corrected chi connectivity index (χ0v) is 9.22. The fourth-order valence-electron chi connectivity index (χ4n) is 1.25. The zero-order chi connectivity index (χ0) is 12.5. The third-order valence-electron chi connectivity index (χ3n) is 2.10. The number of unbranched alkanes of at least 4 members (excludes halogenated alkanes) is 1. The summed E-state index contributed by atoms with van der Waals surface area (Å²) in [6.07, 6.45) is 2.88. The molecule has 0 saturated heterocycles. The van der Waals surface area contributed by atoms with Gasteiger partial charge in [-0.1, -0.05) is 5.11 Å². The SMILES string of the molecule is [N-]=[N+]=NCCCCNC(=O)c1ccc[nH]c1=O. The minimum Gasteiger partial charge on any atom is -0.352 e. The van der Waals surface area contributed by atoms with Gasteiger partial charge in [0.15, 0.2) is 0 Å². The van der Waals surface area contributed by atoms with E-state index in [9.17, 15) is 9.59 Å². The molecule has 0 radical (unpaired) electrons. The first-order valence-electron chi connectivity index (χ1n) is 5.22. The van der Waals surface area contributed by atoms with Gasteiger partial charge in [-0.15, -0.1) is 0 Å². The number of nitrogens with zero attached hydrogens (tertiary/aromatic N) is 3. The quantitative estimate of drug-likeness (QED) is 0.334. The number of carbonyl (C=O) groups is 1. The van der Waals surface area contributed by atoms with Crippen LogP contribution in [-0.4, -0.2) is 24.0 Å². The van der Waals surface area contributed by atoms with Gasteiger partial charge in [-0.05, 0) is 30.5 Å². The molecular formula is C10H13N5O2. The molecule has 1 aromatic rings. The summed E-state index contributed by atoms with van der Waals surface area (Å²) in [5, 5.41) is 6.00. The van der Waals surface area contributed by atoms with E-state index in [1.54, 1.807) is 6.07 Å². The molecular weight excluding hydrogens is 222 g/mol. The van der Waals surface area contributed by atoms with Gasteiger partial charge in [0.25, 0.3) is 11.5 Å². The van der Waals surface area contributed by atoms with Crippen molar-refractivity contribution in [2.45, 2.75) is 12.8 Å². The van der Waals surface area contributed by atoms with Crippen LogP contribution >= 0.6 is 0 Å². The minimum absolute atomic E-state index is 0.0996. The third-order valence-corrected chi connectivity index (χ3v) is 2.10. The second-order valence-corrected chi connectivity index (χ2v) is 3.33. The molecule has 1 rings (SSSR count). The number of H-pyrrole nitrogens is 1. The summed E-state index contributed by atoms with van der Waals surface area (Å²) in [7, 11) is 0. The lowest BCUT2D eigenvalue weighted by Gasteiger charge is -2.03. The van der Waals surface area contributed by atoms with Gasteiger partial charge in [-0.25, -0.2) is 0 Å². The first-order valence-corrected chi connectivity index (χ1v) is 5.22. The molecule has 2 N–H and O–H groups in total. The lowest BCUT2D eigenvalue weighted by Crippen LogP contribution is -2.30. The van der Waals surface area contributed by atoms with E-state index in [0.717, 1.165) is 0 Å². The van der Waals surface area contributed by atoms with Gasteiger partial charge in [0.1, 0.15) is 5.56 Å². The second kappa shape index (κ2) is 7.08. The number of azide groups is 1. The summed E-state index contributed by atoms with van der Waals surface area (Å²) in [5.41, 5.74) is 7.74. The number of rotatable bonds is 6. The zero-order valence-electron chi connectivity index (χ0n) is 9.22. The molecule has 1 heterocycles. The molecule has 0 saturated carbocycles.